The van der Waals surface area contributed by atoms with E-state index in [1.165, 1.54) is 141 Å². The van der Waals surface area contributed by atoms with Crippen LogP contribution in [0.15, 0.2) is 24.3 Å². The number of carbonyl (C=O) groups is 2. The highest BCUT2D eigenvalue weighted by Crippen LogP contribution is 2.12. The first-order valence-corrected chi connectivity index (χ1v) is 18.6. The lowest BCUT2D eigenvalue weighted by Crippen LogP contribution is -2.40. The molecule has 0 N–H and O–H groups in total. The van der Waals surface area contributed by atoms with Gasteiger partial charge in [0.2, 0.25) is 0 Å². The highest BCUT2D eigenvalue weighted by Gasteiger charge is 2.18. The van der Waals surface area contributed by atoms with Gasteiger partial charge < -0.3 is 9.90 Å². The Labute approximate surface area is 269 Å². The summed E-state index contributed by atoms with van der Waals surface area (Å²) in [7, 11) is 5.87. The summed E-state index contributed by atoms with van der Waals surface area (Å²) in [6.45, 7) is 4.53. The lowest BCUT2D eigenvalue weighted by Gasteiger charge is -2.20. The number of quaternary nitrogens is 1. The van der Waals surface area contributed by atoms with Gasteiger partial charge in [0.25, 0.3) is 0 Å². The number of carboxylic acid groups (broad SMARTS) is 1. The van der Waals surface area contributed by atoms with E-state index in [2.05, 4.69) is 38.2 Å². The molecule has 0 aliphatic carbocycles. The first-order chi connectivity index (χ1) is 20.8. The second-order valence-corrected chi connectivity index (χ2v) is 13.4. The van der Waals surface area contributed by atoms with Crippen LogP contribution >= 0.6 is 0 Å². The molecule has 0 aromatic carbocycles. The van der Waals surface area contributed by atoms with Gasteiger partial charge in [0.05, 0.1) is 27.6 Å². The van der Waals surface area contributed by atoms with E-state index in [1.807, 2.05) is 21.1 Å². The highest BCUT2D eigenvalue weighted by atomic mass is 16.4. The minimum absolute atomic E-state index is 0.220. The molecule has 4 nitrogen and oxygen atoms in total. The normalized spacial score (nSPS) is 11.7. The van der Waals surface area contributed by atoms with Gasteiger partial charge >= 0.3 is 5.91 Å². The molecule has 1 amide bonds. The largest absolute Gasteiger partial charge is 0.550 e. The standard InChI is InChI=1S/C21H42NO.C18H34O2/c1-5-6-7-8-9-10-11-12-13-14-15-16-17-18-19-20-21(23)22(2,3)4;1-2-3-4-5-6-7-8-9-10-11-12-13-14-15-16-17-18(19)20/h12-13H,5-11,14-20H2,1-4H3;9-10H,2-8,11-17H2,1H3,(H,19,20)/q+1;/p-1. The molecular formula is C39H75NO3. The number of unbranched alkanes of at least 4 members (excludes halogenated alkanes) is 22. The number of allylic oxidation sites excluding steroid dienone is 4. The number of amides is 1. The highest BCUT2D eigenvalue weighted by molar-refractivity contribution is 5.68. The Morgan fingerprint density at radius 1 is 0.442 bits per heavy atom. The third-order valence-electron chi connectivity index (χ3n) is 8.04. The SMILES string of the molecule is CCCCCCCCC=CCCCCCCCC(=O)[N+](C)(C)C.CCCCCCCCC=CCCCCCCCC(=O)[O-]. The Bertz CT molecular complexity index is 647. The molecule has 0 aromatic rings. The Balaban J connectivity index is 0. The first kappa shape index (κ1) is 43.7. The molecule has 0 rings (SSSR count). The van der Waals surface area contributed by atoms with Gasteiger partial charge in [-0.1, -0.05) is 141 Å². The van der Waals surface area contributed by atoms with Crippen molar-refractivity contribution in [3.05, 3.63) is 24.3 Å². The fraction of sp³-hybridized carbons (Fsp3) is 0.846. The molecule has 0 bridgehead atoms. The van der Waals surface area contributed by atoms with E-state index in [0.29, 0.717) is 10.4 Å². The van der Waals surface area contributed by atoms with E-state index in [4.69, 9.17) is 0 Å². The number of carbonyl (C=O) groups excluding carboxylic acids is 2. The van der Waals surface area contributed by atoms with Crippen LogP contribution in [0.5, 0.6) is 0 Å². The number of rotatable bonds is 30. The van der Waals surface area contributed by atoms with E-state index in [1.54, 1.807) is 0 Å². The fourth-order valence-corrected chi connectivity index (χ4v) is 5.02. The van der Waals surface area contributed by atoms with Crippen molar-refractivity contribution < 1.29 is 19.2 Å². The van der Waals surface area contributed by atoms with Gasteiger partial charge in [-0.25, -0.2) is 4.79 Å². The summed E-state index contributed by atoms with van der Waals surface area (Å²) in [4.78, 5) is 22.0. The Morgan fingerprint density at radius 3 is 1.02 bits per heavy atom. The average molecular weight is 606 g/mol. The van der Waals surface area contributed by atoms with Crippen molar-refractivity contribution in [1.82, 2.24) is 0 Å². The zero-order chi connectivity index (χ0) is 32.3. The summed E-state index contributed by atoms with van der Waals surface area (Å²) in [5, 5.41) is 10.2. The number of aliphatic carboxylic acids is 1. The van der Waals surface area contributed by atoms with Crippen LogP contribution in [0.1, 0.15) is 194 Å². The van der Waals surface area contributed by atoms with Crippen molar-refractivity contribution in [3.63, 3.8) is 0 Å². The predicted molar refractivity (Wildman–Crippen MR) is 187 cm³/mol. The minimum atomic E-state index is -0.914. The van der Waals surface area contributed by atoms with Crippen molar-refractivity contribution in [2.24, 2.45) is 0 Å². The molecule has 0 unspecified atom stereocenters. The van der Waals surface area contributed by atoms with Crippen molar-refractivity contribution in [2.45, 2.75) is 194 Å². The summed E-state index contributed by atoms with van der Waals surface area (Å²) < 4.78 is 0.462. The van der Waals surface area contributed by atoms with Gasteiger partial charge in [-0.15, -0.1) is 0 Å². The zero-order valence-electron chi connectivity index (χ0n) is 29.8. The van der Waals surface area contributed by atoms with Crippen LogP contribution in [0.4, 0.5) is 0 Å². The third-order valence-corrected chi connectivity index (χ3v) is 8.04. The Hall–Kier alpha value is -1.42. The van der Waals surface area contributed by atoms with Crippen LogP contribution < -0.4 is 5.11 Å². The molecule has 0 saturated carbocycles. The van der Waals surface area contributed by atoms with Gasteiger partial charge in [-0.3, -0.25) is 4.48 Å². The smallest absolute Gasteiger partial charge is 0.313 e. The molecule has 0 heterocycles. The second-order valence-electron chi connectivity index (χ2n) is 13.4. The molecule has 0 aliphatic heterocycles. The molecule has 43 heavy (non-hydrogen) atoms. The van der Waals surface area contributed by atoms with E-state index in [9.17, 15) is 14.7 Å². The summed E-state index contributed by atoms with van der Waals surface area (Å²) in [6, 6.07) is 0. The van der Waals surface area contributed by atoms with Crippen molar-refractivity contribution >= 4 is 11.9 Å². The lowest BCUT2D eigenvalue weighted by atomic mass is 10.1. The van der Waals surface area contributed by atoms with Crippen LogP contribution in [0.25, 0.3) is 0 Å². The molecule has 0 atom stereocenters. The fourth-order valence-electron chi connectivity index (χ4n) is 5.02. The third kappa shape index (κ3) is 40.6. The lowest BCUT2D eigenvalue weighted by molar-refractivity contribution is -0.792. The monoisotopic (exact) mass is 606 g/mol. The zero-order valence-corrected chi connectivity index (χ0v) is 29.8. The van der Waals surface area contributed by atoms with Crippen LogP contribution in [-0.4, -0.2) is 37.5 Å². The second kappa shape index (κ2) is 35.1. The van der Waals surface area contributed by atoms with E-state index in [-0.39, 0.29) is 6.42 Å². The molecule has 0 saturated heterocycles. The summed E-state index contributed by atoms with van der Waals surface area (Å²) in [5.41, 5.74) is 0. The minimum Gasteiger partial charge on any atom is -0.550 e. The summed E-state index contributed by atoms with van der Waals surface area (Å²) in [6.07, 6.45) is 43.3. The van der Waals surface area contributed by atoms with E-state index in [0.717, 1.165) is 32.1 Å². The van der Waals surface area contributed by atoms with Gasteiger partial charge in [0.15, 0.2) is 0 Å². The van der Waals surface area contributed by atoms with Crippen molar-refractivity contribution in [3.8, 4) is 0 Å². The quantitative estimate of drug-likeness (QED) is 0.0465. The maximum Gasteiger partial charge on any atom is 0.313 e. The maximum atomic E-state index is 11.8. The predicted octanol–water partition coefficient (Wildman–Crippen LogP) is 11.0. The number of hydrogen-bond acceptors (Lipinski definition) is 3. The van der Waals surface area contributed by atoms with Crippen LogP contribution in [0, 0.1) is 0 Å². The van der Waals surface area contributed by atoms with Crippen molar-refractivity contribution in [1.29, 1.82) is 0 Å². The molecule has 0 aromatic heterocycles. The topological polar surface area (TPSA) is 57.2 Å². The van der Waals surface area contributed by atoms with Crippen LogP contribution in [0.3, 0.4) is 0 Å². The van der Waals surface area contributed by atoms with Gasteiger partial charge in [-0.05, 0) is 70.6 Å². The summed E-state index contributed by atoms with van der Waals surface area (Å²) in [5.74, 6) is -0.565. The molecule has 4 heteroatoms. The average Bonchev–Trinajstić information content (AvgIpc) is 2.96. The van der Waals surface area contributed by atoms with Crippen LogP contribution in [-0.2, 0) is 9.59 Å². The maximum absolute atomic E-state index is 11.8. The van der Waals surface area contributed by atoms with E-state index >= 15 is 0 Å². The number of hydrogen-bond donors (Lipinski definition) is 0. The number of carboxylic acids is 1. The number of nitrogens with zero attached hydrogens (tertiary/aromatic N) is 1. The summed E-state index contributed by atoms with van der Waals surface area (Å²) >= 11 is 0. The Kier molecular flexibility index (Phi) is 35.6. The molecule has 0 fully saturated rings. The van der Waals surface area contributed by atoms with Crippen molar-refractivity contribution in [2.75, 3.05) is 21.1 Å². The molecule has 0 aliphatic rings. The molecular weight excluding hydrogens is 530 g/mol. The van der Waals surface area contributed by atoms with Gasteiger partial charge in [0.1, 0.15) is 0 Å². The van der Waals surface area contributed by atoms with Crippen LogP contribution in [0.2, 0.25) is 0 Å². The van der Waals surface area contributed by atoms with E-state index < -0.39 is 5.97 Å². The molecule has 0 radical (unpaired) electrons. The first-order valence-electron chi connectivity index (χ1n) is 18.6. The van der Waals surface area contributed by atoms with Gasteiger partial charge in [-0.2, -0.15) is 0 Å². The molecule has 0 spiro atoms. The van der Waals surface area contributed by atoms with Gasteiger partial charge in [0, 0.05) is 5.97 Å². The molecule has 254 valence electrons. The Morgan fingerprint density at radius 2 is 0.721 bits per heavy atom.